The van der Waals surface area contributed by atoms with Crippen LogP contribution in [0.25, 0.3) is 11.0 Å². The summed E-state index contributed by atoms with van der Waals surface area (Å²) in [4.78, 5) is 2.27. The molecule has 0 unspecified atom stereocenters. The molecule has 0 spiro atoms. The van der Waals surface area contributed by atoms with E-state index in [1.165, 1.54) is 38.7 Å². The predicted molar refractivity (Wildman–Crippen MR) is 141 cm³/mol. The summed E-state index contributed by atoms with van der Waals surface area (Å²) in [5, 5.41) is 0. The fourth-order valence-corrected chi connectivity index (χ4v) is 4.35. The van der Waals surface area contributed by atoms with Gasteiger partial charge in [-0.1, -0.05) is 137 Å². The van der Waals surface area contributed by atoms with Crippen LogP contribution in [0.1, 0.15) is 16.7 Å². The van der Waals surface area contributed by atoms with Crippen molar-refractivity contribution in [2.45, 2.75) is 6.92 Å². The van der Waals surface area contributed by atoms with Crippen LogP contribution in [0.2, 0.25) is 0 Å². The van der Waals surface area contributed by atoms with E-state index in [0.717, 1.165) is 6.54 Å². The van der Waals surface area contributed by atoms with E-state index in [1.807, 2.05) is 0 Å². The smallest absolute Gasteiger partial charge is 0.242 e. The summed E-state index contributed by atoms with van der Waals surface area (Å²) in [5.74, 6) is 0. The zero-order valence-corrected chi connectivity index (χ0v) is 19.2. The lowest BCUT2D eigenvalue weighted by atomic mass is 9.34. The first-order chi connectivity index (χ1) is 15.6. The van der Waals surface area contributed by atoms with Crippen LogP contribution >= 0.6 is 0 Å². The molecule has 0 N–H and O–H groups in total. The van der Waals surface area contributed by atoms with Crippen molar-refractivity contribution in [3.05, 3.63) is 132 Å². The van der Waals surface area contributed by atoms with Crippen molar-refractivity contribution in [2.24, 2.45) is 0 Å². The number of aryl methyl sites for hydroxylation is 1. The summed E-state index contributed by atoms with van der Waals surface area (Å²) in [5.41, 5.74) is 9.16. The molecule has 0 aliphatic rings. The molecule has 0 aromatic heterocycles. The third-order valence-electron chi connectivity index (χ3n) is 5.84. The first-order valence-corrected chi connectivity index (χ1v) is 11.2. The molecular weight excluding hydrogens is 385 g/mol. The van der Waals surface area contributed by atoms with E-state index in [0.29, 0.717) is 0 Å². The number of nitrogens with zero attached hydrogens (tertiary/aromatic N) is 1. The maximum atomic E-state index is 2.27. The molecule has 0 aliphatic carbocycles. The van der Waals surface area contributed by atoms with Crippen LogP contribution in [-0.2, 0) is 0 Å². The number of rotatable bonds is 7. The van der Waals surface area contributed by atoms with Gasteiger partial charge in [0.05, 0.1) is 0 Å². The maximum Gasteiger partial charge on any atom is 0.242 e. The highest BCUT2D eigenvalue weighted by atomic mass is 15.0. The molecule has 0 heterocycles. The topological polar surface area (TPSA) is 3.24 Å². The Kier molecular flexibility index (Phi) is 7.04. The van der Waals surface area contributed by atoms with E-state index in [1.54, 1.807) is 0 Å². The average molecular weight is 415 g/mol. The van der Waals surface area contributed by atoms with Crippen LogP contribution in [0.3, 0.4) is 0 Å². The summed E-state index contributed by atoms with van der Waals surface area (Å²) in [6.45, 7) is 3.15. The molecule has 32 heavy (non-hydrogen) atoms. The Balaban J connectivity index is 2.06. The summed E-state index contributed by atoms with van der Waals surface area (Å²) < 4.78 is 0. The second-order valence-corrected chi connectivity index (χ2v) is 8.62. The molecule has 158 valence electrons. The molecule has 4 rings (SSSR count). The third kappa shape index (κ3) is 5.10. The first-order valence-electron chi connectivity index (χ1n) is 11.2. The summed E-state index contributed by atoms with van der Waals surface area (Å²) in [6.07, 6.45) is 0. The lowest BCUT2D eigenvalue weighted by Crippen LogP contribution is -2.44. The maximum absolute atomic E-state index is 2.27. The Labute approximate surface area is 193 Å². The Hall–Kier alpha value is -3.36. The van der Waals surface area contributed by atoms with Gasteiger partial charge in [-0.25, -0.2) is 0 Å². The largest absolute Gasteiger partial charge is 0.305 e. The Morgan fingerprint density at radius 2 is 1.06 bits per heavy atom. The quantitative estimate of drug-likeness (QED) is 0.292. The van der Waals surface area contributed by atoms with Crippen molar-refractivity contribution >= 4 is 28.7 Å². The SMILES string of the molecule is Cc1ccc(/C(CN(C)C)=C(/B(c2ccccc2)c2ccccc2)c2ccccc2)cc1. The molecule has 4 aromatic rings. The van der Waals surface area contributed by atoms with Crippen LogP contribution in [-0.4, -0.2) is 32.3 Å². The molecule has 4 aromatic carbocycles. The van der Waals surface area contributed by atoms with Gasteiger partial charge < -0.3 is 4.90 Å². The van der Waals surface area contributed by atoms with Crippen molar-refractivity contribution in [3.8, 4) is 0 Å². The van der Waals surface area contributed by atoms with Crippen molar-refractivity contribution < 1.29 is 0 Å². The lowest BCUT2D eigenvalue weighted by Gasteiger charge is -2.26. The minimum absolute atomic E-state index is 0.135. The molecule has 0 aliphatic heterocycles. The van der Waals surface area contributed by atoms with Crippen LogP contribution in [0.15, 0.2) is 115 Å². The van der Waals surface area contributed by atoms with Gasteiger partial charge in [-0.3, -0.25) is 0 Å². The average Bonchev–Trinajstić information content (AvgIpc) is 2.83. The zero-order chi connectivity index (χ0) is 22.3. The number of benzene rings is 4. The molecule has 0 amide bonds. The molecule has 0 atom stereocenters. The van der Waals surface area contributed by atoms with Gasteiger partial charge in [0.1, 0.15) is 0 Å². The number of hydrogen-bond acceptors (Lipinski definition) is 1. The van der Waals surface area contributed by atoms with Gasteiger partial charge in [-0.15, -0.1) is 0 Å². The molecule has 1 nitrogen and oxygen atoms in total. The highest BCUT2D eigenvalue weighted by Gasteiger charge is 2.28. The number of likely N-dealkylation sites (N-methyl/N-ethyl adjacent to an activating group) is 1. The molecule has 0 radical (unpaired) electrons. The van der Waals surface area contributed by atoms with Gasteiger partial charge in [0.25, 0.3) is 0 Å². The first kappa shape index (κ1) is 21.9. The van der Waals surface area contributed by atoms with Crippen molar-refractivity contribution in [2.75, 3.05) is 20.6 Å². The Morgan fingerprint density at radius 1 is 0.594 bits per heavy atom. The normalized spacial score (nSPS) is 11.9. The minimum atomic E-state index is 0.135. The minimum Gasteiger partial charge on any atom is -0.305 e. The van der Waals surface area contributed by atoms with Crippen molar-refractivity contribution in [1.29, 1.82) is 0 Å². The second kappa shape index (κ2) is 10.3. The lowest BCUT2D eigenvalue weighted by molar-refractivity contribution is 0.463. The zero-order valence-electron chi connectivity index (χ0n) is 19.2. The number of hydrogen-bond donors (Lipinski definition) is 0. The Bertz CT molecular complexity index is 1110. The fraction of sp³-hybridized carbons (Fsp3) is 0.133. The van der Waals surface area contributed by atoms with Gasteiger partial charge >= 0.3 is 0 Å². The van der Waals surface area contributed by atoms with Crippen LogP contribution < -0.4 is 10.9 Å². The predicted octanol–water partition coefficient (Wildman–Crippen LogP) is 5.32. The van der Waals surface area contributed by atoms with E-state index in [4.69, 9.17) is 0 Å². The van der Waals surface area contributed by atoms with Gasteiger partial charge in [-0.05, 0) is 37.7 Å². The van der Waals surface area contributed by atoms with Gasteiger partial charge in [0, 0.05) is 6.54 Å². The molecule has 0 fully saturated rings. The van der Waals surface area contributed by atoms with E-state index >= 15 is 0 Å². The monoisotopic (exact) mass is 415 g/mol. The van der Waals surface area contributed by atoms with Crippen LogP contribution in [0, 0.1) is 6.92 Å². The standard InChI is InChI=1S/C30H30BN/c1-24-19-21-25(22-20-24)29(23-32(2)3)30(26-13-7-4-8-14-26)31(27-15-9-5-10-16-27)28-17-11-6-12-18-28/h4-22H,23H2,1-3H3/b30-29+. The fourth-order valence-electron chi connectivity index (χ4n) is 4.35. The summed E-state index contributed by atoms with van der Waals surface area (Å²) in [6, 6.07) is 41.6. The second-order valence-electron chi connectivity index (χ2n) is 8.62. The molecule has 0 bridgehead atoms. The summed E-state index contributed by atoms with van der Waals surface area (Å²) in [7, 11) is 4.30. The van der Waals surface area contributed by atoms with E-state index in [2.05, 4.69) is 141 Å². The van der Waals surface area contributed by atoms with E-state index in [-0.39, 0.29) is 6.71 Å². The van der Waals surface area contributed by atoms with E-state index in [9.17, 15) is 0 Å². The Morgan fingerprint density at radius 3 is 1.53 bits per heavy atom. The van der Waals surface area contributed by atoms with Gasteiger partial charge in [0.2, 0.25) is 6.71 Å². The molecule has 0 saturated carbocycles. The van der Waals surface area contributed by atoms with Gasteiger partial charge in [-0.2, -0.15) is 0 Å². The van der Waals surface area contributed by atoms with Crippen molar-refractivity contribution in [3.63, 3.8) is 0 Å². The van der Waals surface area contributed by atoms with Gasteiger partial charge in [0.15, 0.2) is 0 Å². The third-order valence-corrected chi connectivity index (χ3v) is 5.84. The highest BCUT2D eigenvalue weighted by molar-refractivity contribution is 7.00. The highest BCUT2D eigenvalue weighted by Crippen LogP contribution is 2.30. The van der Waals surface area contributed by atoms with Crippen molar-refractivity contribution in [1.82, 2.24) is 4.90 Å². The van der Waals surface area contributed by atoms with Crippen LogP contribution in [0.4, 0.5) is 0 Å². The summed E-state index contributed by atoms with van der Waals surface area (Å²) >= 11 is 0. The molecular formula is C30H30BN. The molecule has 0 saturated heterocycles. The van der Waals surface area contributed by atoms with Crippen LogP contribution in [0.5, 0.6) is 0 Å². The van der Waals surface area contributed by atoms with E-state index < -0.39 is 0 Å². The molecule has 2 heteroatoms.